The molecule has 6 atom stereocenters. The fourth-order valence-corrected chi connectivity index (χ4v) is 12.7. The summed E-state index contributed by atoms with van der Waals surface area (Å²) in [5.41, 5.74) is 9.28. The van der Waals surface area contributed by atoms with E-state index in [2.05, 4.69) is 74.2 Å². The Kier molecular flexibility index (Phi) is 14.9. The molecule has 9 rings (SSSR count). The molecule has 2 aromatic heterocycles. The standard InChI is InChI=1S/C44H50N9O19P3/c1-3-51-13-5-7-22-15-27-31(18-29(22)51)68-32-19-30-23(8-6-14-52(30)4-2)16-28(32)34(27)26-17-24(9-10-25(26)42(57)58)39(55)46-11-12-47-44(59)70-37-36(54)33(20-67-74(63,64)72-75(65,66)71-73(60,61)62)69-41(37)53-21-48-35-38(53)49-43(45)50-40(35)56/h9-10,15-19,21,33,36-37,41,54H,3-8,11-14,20H2,1-2H3,(H9-,45,46,47,49,50,55,56,57,58,59,60,61,62,63,64,65,66)/p+1/t33-,36-,37-,41-/m1/s1. The van der Waals surface area contributed by atoms with Gasteiger partial charge in [-0.15, -0.1) is 0 Å². The number of hydrogen-bond donors (Lipinski definition) is 10. The van der Waals surface area contributed by atoms with E-state index in [1.165, 1.54) is 18.2 Å². The van der Waals surface area contributed by atoms with Crippen LogP contribution in [0.2, 0.25) is 0 Å². The van der Waals surface area contributed by atoms with Gasteiger partial charge in [0.05, 0.1) is 24.6 Å². The van der Waals surface area contributed by atoms with Crippen LogP contribution >= 0.6 is 23.5 Å². The molecular formula is C44H51N9O19P3+. The molecule has 28 nitrogen and oxygen atoms in total. The van der Waals surface area contributed by atoms with Crippen LogP contribution in [0.3, 0.4) is 0 Å². The minimum Gasteiger partial charge on any atom is -0.478 e. The number of carbonyl (C=O) groups excluding carboxylic acids is 2. The Labute approximate surface area is 423 Å². The SMILES string of the molecule is CCN1CCCc2cc3c(cc21)Oc1cc2c(cc1=C3c1cc(C(=O)NCCNC(=O)O[C@@H]3[C@H](O)[C@@H](COP(=O)(O)OP(=O)(O)OP(=O)(O)O)O[C@H]3n3cnc4c(=O)[nH]c(N)nc43)ccc1C(=O)O)CCC[N+]=2CC. The van der Waals surface area contributed by atoms with E-state index in [-0.39, 0.29) is 46.9 Å². The Morgan fingerprint density at radius 1 is 0.947 bits per heavy atom. The summed E-state index contributed by atoms with van der Waals surface area (Å²) in [6.45, 7) is 5.83. The number of carbonyl (C=O) groups is 3. The quantitative estimate of drug-likeness (QED) is 0.0347. The Bertz CT molecular complexity index is 3490. The van der Waals surface area contributed by atoms with Gasteiger partial charge in [0.1, 0.15) is 36.8 Å². The van der Waals surface area contributed by atoms with Gasteiger partial charge in [-0.05, 0) is 74.6 Å². The molecular weight excluding hydrogens is 1050 g/mol. The van der Waals surface area contributed by atoms with Crippen LogP contribution in [0.15, 0.2) is 53.6 Å². The average molecular weight is 1100 g/mol. The van der Waals surface area contributed by atoms with Crippen molar-refractivity contribution in [3.63, 3.8) is 0 Å². The lowest BCUT2D eigenvalue weighted by atomic mass is 9.85. The molecule has 0 bridgehead atoms. The number of nitrogens with two attached hydrogens (primary N) is 1. The highest BCUT2D eigenvalue weighted by atomic mass is 31.3. The molecule has 400 valence electrons. The molecule has 0 saturated carbocycles. The molecule has 5 aromatic rings. The van der Waals surface area contributed by atoms with Gasteiger partial charge in [-0.2, -0.15) is 13.6 Å². The van der Waals surface area contributed by atoms with E-state index < -0.39 is 78.1 Å². The Morgan fingerprint density at radius 2 is 1.71 bits per heavy atom. The van der Waals surface area contributed by atoms with Gasteiger partial charge in [0.15, 0.2) is 23.5 Å². The number of phosphoric acid groups is 3. The molecule has 3 aromatic carbocycles. The lowest BCUT2D eigenvalue weighted by Crippen LogP contribution is -2.41. The molecule has 0 spiro atoms. The van der Waals surface area contributed by atoms with Gasteiger partial charge in [-0.1, -0.05) is 0 Å². The first-order valence-corrected chi connectivity index (χ1v) is 27.9. The molecule has 75 heavy (non-hydrogen) atoms. The second kappa shape index (κ2) is 21.0. The number of aliphatic hydroxyl groups is 1. The summed E-state index contributed by atoms with van der Waals surface area (Å²) in [7, 11) is -17.4. The van der Waals surface area contributed by atoms with E-state index in [1.54, 1.807) is 0 Å². The molecule has 6 heterocycles. The number of ether oxygens (including phenoxy) is 3. The van der Waals surface area contributed by atoms with Crippen LogP contribution in [0.4, 0.5) is 16.4 Å². The predicted octanol–water partition coefficient (Wildman–Crippen LogP) is 1.11. The van der Waals surface area contributed by atoms with Crippen molar-refractivity contribution in [1.82, 2.24) is 34.7 Å². The van der Waals surface area contributed by atoms with Crippen LogP contribution in [-0.4, -0.2) is 131 Å². The number of imidazole rings is 1. The third-order valence-electron chi connectivity index (χ3n) is 12.9. The largest absolute Gasteiger partial charge is 0.490 e. The van der Waals surface area contributed by atoms with Gasteiger partial charge in [0.25, 0.3) is 11.5 Å². The number of hydrogen-bond acceptors (Lipinski definition) is 18. The first kappa shape index (κ1) is 53.4. The third kappa shape index (κ3) is 11.3. The summed E-state index contributed by atoms with van der Waals surface area (Å²) in [4.78, 5) is 103. The topological polar surface area (TPSA) is 399 Å². The predicted molar refractivity (Wildman–Crippen MR) is 261 cm³/mol. The highest BCUT2D eigenvalue weighted by Crippen LogP contribution is 2.66. The number of rotatable bonds is 17. The number of aromatic nitrogens is 4. The molecule has 4 aliphatic heterocycles. The number of fused-ring (bicyclic) bond motifs is 5. The minimum absolute atomic E-state index is 0.0482. The fourth-order valence-electron chi connectivity index (χ4n) is 9.64. The molecule has 31 heteroatoms. The van der Waals surface area contributed by atoms with Crippen molar-refractivity contribution in [1.29, 1.82) is 0 Å². The number of benzene rings is 3. The monoisotopic (exact) mass is 1100 g/mol. The zero-order chi connectivity index (χ0) is 53.7. The number of aromatic amines is 1. The number of aromatic carboxylic acids is 1. The minimum atomic E-state index is -5.92. The summed E-state index contributed by atoms with van der Waals surface area (Å²) >= 11 is 0. The fraction of sp³-hybridized carbons (Fsp3) is 0.386. The zero-order valence-corrected chi connectivity index (χ0v) is 42.5. The number of nitrogens with zero attached hydrogens (tertiary/aromatic N) is 5. The van der Waals surface area contributed by atoms with Crippen molar-refractivity contribution in [2.45, 2.75) is 64.1 Å². The Morgan fingerprint density at radius 3 is 2.44 bits per heavy atom. The number of nitrogens with one attached hydrogen (secondary N) is 3. The summed E-state index contributed by atoms with van der Waals surface area (Å²) < 4.78 is 68.8. The maximum Gasteiger partial charge on any atom is 0.490 e. The van der Waals surface area contributed by atoms with Crippen LogP contribution in [0, 0.1) is 0 Å². The summed E-state index contributed by atoms with van der Waals surface area (Å²) in [5.74, 6) is -1.11. The number of aliphatic hydroxyl groups excluding tert-OH is 1. The van der Waals surface area contributed by atoms with Crippen LogP contribution in [-0.2, 0) is 49.2 Å². The van der Waals surface area contributed by atoms with Gasteiger partial charge in [0.2, 0.25) is 11.3 Å². The maximum atomic E-state index is 13.9. The lowest BCUT2D eigenvalue weighted by molar-refractivity contribution is -0.0522. The number of alkyl carbamates (subject to hydrolysis) is 1. The van der Waals surface area contributed by atoms with Crippen molar-refractivity contribution < 1.29 is 85.2 Å². The molecule has 4 aliphatic rings. The molecule has 11 N–H and O–H groups in total. The number of aryl methyl sites for hydroxylation is 2. The van der Waals surface area contributed by atoms with Gasteiger partial charge < -0.3 is 65.3 Å². The number of carboxylic acids is 1. The number of nitrogen functional groups attached to an aromatic ring is 1. The van der Waals surface area contributed by atoms with Crippen LogP contribution < -0.4 is 46.7 Å². The average Bonchev–Trinajstić information content (AvgIpc) is 3.92. The molecule has 0 radical (unpaired) electrons. The molecule has 1 saturated heterocycles. The second-order valence-electron chi connectivity index (χ2n) is 17.6. The number of anilines is 2. The molecule has 0 aliphatic carbocycles. The number of phosphoric ester groups is 1. The van der Waals surface area contributed by atoms with Gasteiger partial charge in [-0.25, -0.2) is 32.8 Å². The number of amides is 2. The first-order chi connectivity index (χ1) is 35.5. The van der Waals surface area contributed by atoms with E-state index in [1.807, 2.05) is 12.1 Å². The zero-order valence-electron chi connectivity index (χ0n) is 39.9. The Hall–Kier alpha value is -6.38. The van der Waals surface area contributed by atoms with Gasteiger partial charge in [0, 0.05) is 71.8 Å². The van der Waals surface area contributed by atoms with Gasteiger partial charge in [-0.3, -0.25) is 23.7 Å². The van der Waals surface area contributed by atoms with Crippen LogP contribution in [0.1, 0.15) is 75.9 Å². The van der Waals surface area contributed by atoms with E-state index in [9.17, 15) is 52.9 Å². The molecule has 2 amide bonds. The highest BCUT2D eigenvalue weighted by molar-refractivity contribution is 7.66. The molecule has 2 unspecified atom stereocenters. The lowest BCUT2D eigenvalue weighted by Gasteiger charge is -2.32. The van der Waals surface area contributed by atoms with Crippen LogP contribution in [0.25, 0.3) is 16.7 Å². The highest BCUT2D eigenvalue weighted by Gasteiger charge is 2.50. The van der Waals surface area contributed by atoms with Crippen molar-refractivity contribution in [3.05, 3.63) is 103 Å². The number of carboxylic acid groups (broad SMARTS) is 1. The van der Waals surface area contributed by atoms with E-state index in [0.29, 0.717) is 27.9 Å². The normalized spacial score (nSPS) is 20.7. The van der Waals surface area contributed by atoms with Crippen molar-refractivity contribution >= 4 is 69.8 Å². The number of H-pyrrole nitrogens is 1. The smallest absolute Gasteiger partial charge is 0.478 e. The summed E-state index contributed by atoms with van der Waals surface area (Å²) in [5, 5.41) is 28.8. The van der Waals surface area contributed by atoms with Gasteiger partial charge >= 0.3 is 35.5 Å². The van der Waals surface area contributed by atoms with Crippen molar-refractivity contribution in [2.24, 2.45) is 0 Å². The van der Waals surface area contributed by atoms with E-state index in [0.717, 1.165) is 84.9 Å². The van der Waals surface area contributed by atoms with Crippen LogP contribution in [0.5, 0.6) is 11.5 Å². The third-order valence-corrected chi connectivity index (χ3v) is 16.7. The summed E-state index contributed by atoms with van der Waals surface area (Å²) in [6, 6.07) is 12.4. The summed E-state index contributed by atoms with van der Waals surface area (Å²) in [6.07, 6.45) is -3.84. The molecule has 1 fully saturated rings. The second-order valence-corrected chi connectivity index (χ2v) is 22.1. The van der Waals surface area contributed by atoms with Crippen molar-refractivity contribution in [2.75, 3.05) is 56.5 Å². The maximum absolute atomic E-state index is 13.9. The van der Waals surface area contributed by atoms with E-state index >= 15 is 0 Å². The Balaban J connectivity index is 0.941. The first-order valence-electron chi connectivity index (χ1n) is 23.4. The van der Waals surface area contributed by atoms with Crippen molar-refractivity contribution in [3.8, 4) is 11.5 Å². The van der Waals surface area contributed by atoms with E-state index in [4.69, 9.17) is 29.7 Å².